The molecule has 0 radical (unpaired) electrons. The minimum atomic E-state index is -4.61. The molecule has 0 saturated carbocycles. The minimum absolute atomic E-state index is 0. The molecule has 0 aliphatic heterocycles. The van der Waals surface area contributed by atoms with Crippen molar-refractivity contribution in [2.45, 2.75) is 167 Å². The van der Waals surface area contributed by atoms with E-state index in [4.69, 9.17) is 0 Å². The molecule has 0 aromatic heterocycles. The monoisotopic (exact) mass is 664 g/mol. The Morgan fingerprint density at radius 3 is 0.977 bits per heavy atom. The molecule has 0 aliphatic carbocycles. The first-order valence-corrected chi connectivity index (χ1v) is 19.3. The van der Waals surface area contributed by atoms with E-state index in [9.17, 15) is 35.5 Å². The van der Waals surface area contributed by atoms with Crippen LogP contribution in [0.2, 0.25) is 0 Å². The third-order valence-electron chi connectivity index (χ3n) is 7.95. The van der Waals surface area contributed by atoms with Gasteiger partial charge >= 0.3 is 29.6 Å². The molecule has 0 bridgehead atoms. The molecule has 43 heavy (non-hydrogen) atoms. The summed E-state index contributed by atoms with van der Waals surface area (Å²) in [6.45, 7) is 6.13. The van der Waals surface area contributed by atoms with E-state index in [-0.39, 0.29) is 55.5 Å². The van der Waals surface area contributed by atoms with Gasteiger partial charge in [0, 0.05) is 25.9 Å². The predicted octanol–water partition coefficient (Wildman–Crippen LogP) is 6.30. The van der Waals surface area contributed by atoms with Gasteiger partial charge in [0.2, 0.25) is 11.8 Å². The van der Waals surface area contributed by atoms with Crippen molar-refractivity contribution in [1.29, 1.82) is 0 Å². The van der Waals surface area contributed by atoms with Crippen LogP contribution in [0.4, 0.5) is 0 Å². The zero-order valence-electron chi connectivity index (χ0n) is 26.8. The van der Waals surface area contributed by atoms with E-state index in [1.165, 1.54) is 65.2 Å². The van der Waals surface area contributed by atoms with Crippen molar-refractivity contribution in [1.82, 2.24) is 9.80 Å². The SMILES string of the molecule is CCCCCCCCCCCC(=O)N(CCN(C(=O)CCCCCCCCCCC)C(C)S(=O)(=O)O)C(C)S(=O)(=O)O.[NaH]. The van der Waals surface area contributed by atoms with E-state index < -0.39 is 42.8 Å². The molecule has 0 saturated heterocycles. The Kier molecular flexibility index (Phi) is 27.0. The second kappa shape index (κ2) is 25.9. The molecule has 0 aromatic rings. The molecule has 13 heteroatoms. The van der Waals surface area contributed by atoms with Gasteiger partial charge in [0.05, 0.1) is 0 Å². The first kappa shape index (κ1) is 44.9. The number of nitrogens with zero attached hydrogens (tertiary/aromatic N) is 2. The van der Waals surface area contributed by atoms with Crippen molar-refractivity contribution < 1.29 is 35.5 Å². The summed E-state index contributed by atoms with van der Waals surface area (Å²) >= 11 is 0. The average Bonchev–Trinajstić information content (AvgIpc) is 2.91. The first-order chi connectivity index (χ1) is 19.8. The predicted molar refractivity (Wildman–Crippen MR) is 176 cm³/mol. The molecule has 10 nitrogen and oxygen atoms in total. The number of carbonyl (C=O) groups excluding carboxylic acids is 2. The van der Waals surface area contributed by atoms with Crippen LogP contribution in [-0.4, -0.2) is 101 Å². The zero-order valence-corrected chi connectivity index (χ0v) is 28.4. The molecule has 0 fully saturated rings. The number of rotatable bonds is 27. The van der Waals surface area contributed by atoms with Crippen LogP contribution in [0.3, 0.4) is 0 Å². The van der Waals surface area contributed by atoms with Crippen LogP contribution in [-0.2, 0) is 29.8 Å². The van der Waals surface area contributed by atoms with E-state index >= 15 is 0 Å². The summed E-state index contributed by atoms with van der Waals surface area (Å²) in [6, 6.07) is 0. The van der Waals surface area contributed by atoms with Crippen LogP contribution >= 0.6 is 0 Å². The zero-order chi connectivity index (χ0) is 32.0. The van der Waals surface area contributed by atoms with E-state index in [0.717, 1.165) is 61.2 Å². The maximum absolute atomic E-state index is 13.0. The van der Waals surface area contributed by atoms with Crippen LogP contribution in [0, 0.1) is 0 Å². The maximum atomic E-state index is 13.0. The Balaban J connectivity index is 0. The van der Waals surface area contributed by atoms with E-state index in [0.29, 0.717) is 12.8 Å². The molecule has 2 amide bonds. The Bertz CT molecular complexity index is 872. The van der Waals surface area contributed by atoms with Crippen LogP contribution in [0.1, 0.15) is 156 Å². The third-order valence-corrected chi connectivity index (χ3v) is 10.2. The van der Waals surface area contributed by atoms with Crippen molar-refractivity contribution in [2.75, 3.05) is 13.1 Å². The van der Waals surface area contributed by atoms with Crippen molar-refractivity contribution in [3.05, 3.63) is 0 Å². The van der Waals surface area contributed by atoms with Gasteiger partial charge in [-0.1, -0.05) is 117 Å². The molecule has 0 rings (SSSR count). The molecule has 2 N–H and O–H groups in total. The van der Waals surface area contributed by atoms with Crippen molar-refractivity contribution in [3.8, 4) is 0 Å². The summed E-state index contributed by atoms with van der Waals surface area (Å²) in [7, 11) is -9.22. The average molecular weight is 665 g/mol. The van der Waals surface area contributed by atoms with E-state index in [2.05, 4.69) is 13.8 Å². The molecule has 2 atom stereocenters. The van der Waals surface area contributed by atoms with Crippen molar-refractivity contribution >= 4 is 61.6 Å². The van der Waals surface area contributed by atoms with Gasteiger partial charge in [-0.3, -0.25) is 18.7 Å². The van der Waals surface area contributed by atoms with Crippen molar-refractivity contribution in [2.24, 2.45) is 0 Å². The molecular weight excluding hydrogens is 603 g/mol. The topological polar surface area (TPSA) is 149 Å². The number of hydrogen-bond acceptors (Lipinski definition) is 6. The van der Waals surface area contributed by atoms with Gasteiger partial charge in [0.15, 0.2) is 10.7 Å². The Morgan fingerprint density at radius 2 is 0.744 bits per heavy atom. The van der Waals surface area contributed by atoms with Crippen LogP contribution < -0.4 is 0 Å². The second-order valence-corrected chi connectivity index (χ2v) is 15.0. The van der Waals surface area contributed by atoms with Gasteiger partial charge < -0.3 is 9.80 Å². The molecule has 0 heterocycles. The van der Waals surface area contributed by atoms with Gasteiger partial charge in [-0.2, -0.15) is 16.8 Å². The normalized spacial score (nSPS) is 13.3. The molecule has 252 valence electrons. The number of unbranched alkanes of at least 4 members (excludes halogenated alkanes) is 16. The second-order valence-electron chi connectivity index (χ2n) is 11.6. The van der Waals surface area contributed by atoms with Gasteiger partial charge in [-0.15, -0.1) is 0 Å². The van der Waals surface area contributed by atoms with Crippen LogP contribution in [0.15, 0.2) is 0 Å². The van der Waals surface area contributed by atoms with Crippen LogP contribution in [0.25, 0.3) is 0 Å². The Hall–Kier alpha value is -0.240. The van der Waals surface area contributed by atoms with Crippen LogP contribution in [0.5, 0.6) is 0 Å². The van der Waals surface area contributed by atoms with Crippen molar-refractivity contribution in [3.63, 3.8) is 0 Å². The standard InChI is InChI=1S/C30H60N2O8S2.Na.H/c1-5-7-9-11-13-15-17-19-21-23-29(33)31(27(3)41(35,36)37)25-26-32(28(4)42(38,39)40)30(34)24-22-20-18-16-14-12-10-8-6-2;;/h27-28H,5-26H2,1-4H3,(H,35,36,37)(H,38,39,40);;. The fraction of sp³-hybridized carbons (Fsp3) is 0.933. The fourth-order valence-corrected chi connectivity index (χ4v) is 6.11. The number of hydrogen-bond donors (Lipinski definition) is 2. The Morgan fingerprint density at radius 1 is 0.512 bits per heavy atom. The number of carbonyl (C=O) groups is 2. The molecule has 0 aromatic carbocycles. The first-order valence-electron chi connectivity index (χ1n) is 16.3. The molecule has 2 unspecified atom stereocenters. The quantitative estimate of drug-likeness (QED) is 0.0590. The van der Waals surface area contributed by atoms with Gasteiger partial charge in [0.1, 0.15) is 0 Å². The fourth-order valence-electron chi connectivity index (χ4n) is 5.02. The van der Waals surface area contributed by atoms with Gasteiger partial charge in [-0.25, -0.2) is 0 Å². The number of amides is 2. The Labute approximate surface area is 285 Å². The molecule has 0 aliphatic rings. The summed E-state index contributed by atoms with van der Waals surface area (Å²) in [5.41, 5.74) is 0. The van der Waals surface area contributed by atoms with Gasteiger partial charge in [0.25, 0.3) is 20.2 Å². The third kappa shape index (κ3) is 22.0. The molecule has 0 spiro atoms. The van der Waals surface area contributed by atoms with Gasteiger partial charge in [-0.05, 0) is 26.7 Å². The summed E-state index contributed by atoms with van der Waals surface area (Å²) in [6.07, 6.45) is 19.0. The summed E-state index contributed by atoms with van der Waals surface area (Å²) < 4.78 is 67.0. The van der Waals surface area contributed by atoms with E-state index in [1.807, 2.05) is 0 Å². The summed E-state index contributed by atoms with van der Waals surface area (Å²) in [5.74, 6) is -0.983. The summed E-state index contributed by atoms with van der Waals surface area (Å²) in [5, 5.41) is -3.11. The molecular formula is C30H61N2NaO8S2. The summed E-state index contributed by atoms with van der Waals surface area (Å²) in [4.78, 5) is 28.0. The van der Waals surface area contributed by atoms with E-state index in [1.54, 1.807) is 0 Å².